The number of guanidine groups is 1. The molecule has 0 spiro atoms. The van der Waals surface area contributed by atoms with Gasteiger partial charge in [0, 0.05) is 52.0 Å². The van der Waals surface area contributed by atoms with Crippen LogP contribution >= 0.6 is 24.0 Å². The summed E-state index contributed by atoms with van der Waals surface area (Å²) in [4.78, 5) is 20.4. The normalized spacial score (nSPS) is 14.9. The first-order valence-corrected chi connectivity index (χ1v) is 9.71. The quantitative estimate of drug-likeness (QED) is 0.270. The summed E-state index contributed by atoms with van der Waals surface area (Å²) in [5.41, 5.74) is 0.553. The van der Waals surface area contributed by atoms with Gasteiger partial charge in [-0.15, -0.1) is 24.0 Å². The number of aliphatic imine (C=N–C) groups is 1. The van der Waals surface area contributed by atoms with E-state index in [2.05, 4.69) is 25.4 Å². The van der Waals surface area contributed by atoms with Crippen molar-refractivity contribution in [2.24, 2.45) is 4.99 Å². The number of hydrogen-bond donors (Lipinski definition) is 2. The largest absolute Gasteiger partial charge is 0.444 e. The number of carbonyl (C=O) groups is 1. The predicted molar refractivity (Wildman–Crippen MR) is 126 cm³/mol. The molecule has 0 unspecified atom stereocenters. The fourth-order valence-electron chi connectivity index (χ4n) is 2.95. The second-order valence-corrected chi connectivity index (χ2v) is 7.71. The van der Waals surface area contributed by atoms with Crippen molar-refractivity contribution in [1.82, 2.24) is 15.5 Å². The third-order valence-corrected chi connectivity index (χ3v) is 4.29. The van der Waals surface area contributed by atoms with E-state index < -0.39 is 11.7 Å². The highest BCUT2D eigenvalue weighted by Gasteiger charge is 2.20. The molecule has 164 valence electrons. The van der Waals surface area contributed by atoms with Crippen LogP contribution in [0.25, 0.3) is 0 Å². The molecule has 1 aromatic carbocycles. The van der Waals surface area contributed by atoms with Crippen LogP contribution in [-0.2, 0) is 4.74 Å². The van der Waals surface area contributed by atoms with Crippen molar-refractivity contribution in [3.8, 4) is 0 Å². The summed E-state index contributed by atoms with van der Waals surface area (Å²) in [5.74, 6) is 0.643. The SMILES string of the molecule is CN=C(NCCCNC(=O)OC(C)(C)C)N1CCN(c2ccc(F)cc2)CC1.I. The van der Waals surface area contributed by atoms with Crippen LogP contribution in [0.5, 0.6) is 0 Å². The highest BCUT2D eigenvalue weighted by molar-refractivity contribution is 14.0. The topological polar surface area (TPSA) is 69.2 Å². The molecule has 1 aliphatic rings. The average molecular weight is 521 g/mol. The minimum absolute atomic E-state index is 0. The lowest BCUT2D eigenvalue weighted by Crippen LogP contribution is -2.52. The van der Waals surface area contributed by atoms with E-state index in [-0.39, 0.29) is 29.8 Å². The van der Waals surface area contributed by atoms with Crippen LogP contribution in [-0.4, -0.2) is 68.9 Å². The molecular weight excluding hydrogens is 488 g/mol. The molecule has 1 amide bonds. The van der Waals surface area contributed by atoms with Gasteiger partial charge >= 0.3 is 6.09 Å². The zero-order valence-corrected chi connectivity index (χ0v) is 20.0. The van der Waals surface area contributed by atoms with Gasteiger partial charge in [-0.1, -0.05) is 0 Å². The molecule has 7 nitrogen and oxygen atoms in total. The fourth-order valence-corrected chi connectivity index (χ4v) is 2.95. The number of nitrogens with one attached hydrogen (secondary N) is 2. The molecule has 0 saturated carbocycles. The van der Waals surface area contributed by atoms with Crippen LogP contribution in [0.1, 0.15) is 27.2 Å². The van der Waals surface area contributed by atoms with E-state index >= 15 is 0 Å². The van der Waals surface area contributed by atoms with E-state index in [1.54, 1.807) is 7.05 Å². The third-order valence-electron chi connectivity index (χ3n) is 4.29. The smallest absolute Gasteiger partial charge is 0.407 e. The van der Waals surface area contributed by atoms with Gasteiger partial charge in [0.15, 0.2) is 5.96 Å². The summed E-state index contributed by atoms with van der Waals surface area (Å²) in [5, 5.41) is 6.09. The van der Waals surface area contributed by atoms with E-state index in [1.165, 1.54) is 12.1 Å². The number of halogens is 2. The molecular formula is C20H33FIN5O2. The molecule has 2 N–H and O–H groups in total. The standard InChI is InChI=1S/C20H32FN5O2.HI/c1-20(2,3)28-19(27)24-11-5-10-23-18(22-4)26-14-12-25(13-15-26)17-8-6-16(21)7-9-17;/h6-9H,5,10-15H2,1-4H3,(H,22,23)(H,24,27);1H. The molecule has 1 aliphatic heterocycles. The minimum Gasteiger partial charge on any atom is -0.444 e. The highest BCUT2D eigenvalue weighted by atomic mass is 127. The van der Waals surface area contributed by atoms with Crippen molar-refractivity contribution in [2.45, 2.75) is 32.8 Å². The van der Waals surface area contributed by atoms with Crippen molar-refractivity contribution in [2.75, 3.05) is 51.2 Å². The first-order chi connectivity index (χ1) is 13.3. The Morgan fingerprint density at radius 2 is 1.69 bits per heavy atom. The van der Waals surface area contributed by atoms with Gasteiger partial charge in [0.1, 0.15) is 11.4 Å². The van der Waals surface area contributed by atoms with Crippen molar-refractivity contribution >= 4 is 41.7 Å². The van der Waals surface area contributed by atoms with Gasteiger partial charge in [0.25, 0.3) is 0 Å². The van der Waals surface area contributed by atoms with E-state index in [9.17, 15) is 9.18 Å². The number of piperazine rings is 1. The maximum absolute atomic E-state index is 13.1. The van der Waals surface area contributed by atoms with Crippen molar-refractivity contribution in [1.29, 1.82) is 0 Å². The Morgan fingerprint density at radius 1 is 1.10 bits per heavy atom. The number of rotatable bonds is 5. The number of nitrogens with zero attached hydrogens (tertiary/aromatic N) is 3. The molecule has 1 fully saturated rings. The summed E-state index contributed by atoms with van der Waals surface area (Å²) >= 11 is 0. The maximum Gasteiger partial charge on any atom is 0.407 e. The summed E-state index contributed by atoms with van der Waals surface area (Å²) in [6.45, 7) is 10.2. The summed E-state index contributed by atoms with van der Waals surface area (Å²) in [6, 6.07) is 6.62. The number of hydrogen-bond acceptors (Lipinski definition) is 4. The number of anilines is 1. The summed E-state index contributed by atoms with van der Waals surface area (Å²) in [6.07, 6.45) is 0.377. The van der Waals surface area contributed by atoms with Crippen molar-refractivity contribution < 1.29 is 13.9 Å². The van der Waals surface area contributed by atoms with Crippen molar-refractivity contribution in [3.05, 3.63) is 30.1 Å². The third kappa shape index (κ3) is 9.05. The summed E-state index contributed by atoms with van der Waals surface area (Å²) in [7, 11) is 1.77. The molecule has 0 bridgehead atoms. The van der Waals surface area contributed by atoms with Crippen LogP contribution in [0.2, 0.25) is 0 Å². The Bertz CT molecular complexity index is 656. The van der Waals surface area contributed by atoms with Gasteiger partial charge in [0.05, 0.1) is 0 Å². The number of ether oxygens (including phenoxy) is 1. The molecule has 1 aromatic rings. The fraction of sp³-hybridized carbons (Fsp3) is 0.600. The van der Waals surface area contributed by atoms with E-state index in [1.807, 2.05) is 32.9 Å². The Balaban J connectivity index is 0.00000420. The monoisotopic (exact) mass is 521 g/mol. The first-order valence-electron chi connectivity index (χ1n) is 9.71. The Kier molecular flexibility index (Phi) is 10.5. The second-order valence-electron chi connectivity index (χ2n) is 7.71. The number of alkyl carbamates (subject to hydrolysis) is 1. The molecule has 2 rings (SSSR count). The molecule has 1 heterocycles. The predicted octanol–water partition coefficient (Wildman–Crippen LogP) is 3.06. The lowest BCUT2D eigenvalue weighted by molar-refractivity contribution is 0.0527. The molecule has 1 saturated heterocycles. The second kappa shape index (κ2) is 12.0. The van der Waals surface area contributed by atoms with Gasteiger partial charge in [-0.25, -0.2) is 9.18 Å². The molecule has 0 atom stereocenters. The van der Waals surface area contributed by atoms with Gasteiger partial charge in [-0.2, -0.15) is 0 Å². The average Bonchev–Trinajstić information content (AvgIpc) is 2.64. The highest BCUT2D eigenvalue weighted by Crippen LogP contribution is 2.16. The van der Waals surface area contributed by atoms with Gasteiger partial charge in [0.2, 0.25) is 0 Å². The van der Waals surface area contributed by atoms with Gasteiger partial charge in [-0.3, -0.25) is 4.99 Å². The molecule has 29 heavy (non-hydrogen) atoms. The minimum atomic E-state index is -0.486. The van der Waals surface area contributed by atoms with E-state index in [0.29, 0.717) is 13.1 Å². The van der Waals surface area contributed by atoms with Crippen LogP contribution in [0, 0.1) is 5.82 Å². The van der Waals surface area contributed by atoms with Crippen LogP contribution in [0.4, 0.5) is 14.9 Å². The van der Waals surface area contributed by atoms with Crippen LogP contribution in [0.15, 0.2) is 29.3 Å². The zero-order valence-electron chi connectivity index (χ0n) is 17.7. The van der Waals surface area contributed by atoms with E-state index in [0.717, 1.165) is 44.2 Å². The molecule has 0 aromatic heterocycles. The molecule has 0 aliphatic carbocycles. The van der Waals surface area contributed by atoms with E-state index in [4.69, 9.17) is 4.74 Å². The first kappa shape index (κ1) is 25.3. The van der Waals surface area contributed by atoms with Crippen LogP contribution in [0.3, 0.4) is 0 Å². The number of carbonyl (C=O) groups excluding carboxylic acids is 1. The van der Waals surface area contributed by atoms with Crippen LogP contribution < -0.4 is 15.5 Å². The Labute approximate surface area is 190 Å². The molecule has 9 heteroatoms. The zero-order chi connectivity index (χ0) is 20.6. The number of benzene rings is 1. The Hall–Kier alpha value is -1.78. The van der Waals surface area contributed by atoms with Gasteiger partial charge in [-0.05, 0) is 51.5 Å². The Morgan fingerprint density at radius 3 is 2.24 bits per heavy atom. The lowest BCUT2D eigenvalue weighted by atomic mass is 10.2. The molecule has 0 radical (unpaired) electrons. The van der Waals surface area contributed by atoms with Gasteiger partial charge < -0.3 is 25.2 Å². The lowest BCUT2D eigenvalue weighted by Gasteiger charge is -2.37. The summed E-state index contributed by atoms with van der Waals surface area (Å²) < 4.78 is 18.3. The van der Waals surface area contributed by atoms with Crippen molar-refractivity contribution in [3.63, 3.8) is 0 Å². The number of amides is 1. The maximum atomic E-state index is 13.1.